The predicted molar refractivity (Wildman–Crippen MR) is 172 cm³/mol. The van der Waals surface area contributed by atoms with Crippen LogP contribution >= 0.6 is 11.8 Å². The fourth-order valence-electron chi connectivity index (χ4n) is 7.81. The molecule has 6 rings (SSSR count). The minimum absolute atomic E-state index is 0.0701. The van der Waals surface area contributed by atoms with Crippen LogP contribution in [0.1, 0.15) is 62.7 Å². The number of nitrogens with one attached hydrogen (secondary N) is 2. The van der Waals surface area contributed by atoms with E-state index in [2.05, 4.69) is 29.5 Å². The maximum absolute atomic E-state index is 13.8. The first-order valence-electron chi connectivity index (χ1n) is 16.5. The van der Waals surface area contributed by atoms with Gasteiger partial charge in [0, 0.05) is 42.8 Å². The number of aliphatic imine (C=N–C) groups is 1. The van der Waals surface area contributed by atoms with E-state index >= 15 is 0 Å². The molecule has 1 spiro atoms. The SMILES string of the molecule is CC(C)C[C@@H]1CCO[C@@H]2[C@H](CN[C@@H]2C(=O)N=C2C/C=C\C[C@H](CNC(=O)c3ccc(F)cc3)SC3OC24C(CC3(O)CO)[C@@H]4O)C1. The van der Waals surface area contributed by atoms with Gasteiger partial charge in [-0.05, 0) is 74.1 Å². The van der Waals surface area contributed by atoms with E-state index in [1.165, 1.54) is 36.0 Å². The number of carbonyl (C=O) groups is 2. The Hall–Kier alpha value is -2.19. The van der Waals surface area contributed by atoms with Crippen molar-refractivity contribution in [3.05, 3.63) is 47.8 Å². The van der Waals surface area contributed by atoms with Crippen LogP contribution in [0.25, 0.3) is 0 Å². The number of benzene rings is 1. The van der Waals surface area contributed by atoms with Gasteiger partial charge in [0.2, 0.25) is 0 Å². The molecule has 4 aliphatic heterocycles. The van der Waals surface area contributed by atoms with Gasteiger partial charge in [-0.15, -0.1) is 11.8 Å². The molecule has 4 unspecified atom stereocenters. The molecular formula is C34H46FN3O7S. The topological polar surface area (TPSA) is 150 Å². The summed E-state index contributed by atoms with van der Waals surface area (Å²) in [5.74, 6) is -0.272. The molecular weight excluding hydrogens is 613 g/mol. The van der Waals surface area contributed by atoms with Crippen molar-refractivity contribution in [1.29, 1.82) is 0 Å². The van der Waals surface area contributed by atoms with Crippen LogP contribution in [0.5, 0.6) is 0 Å². The quantitative estimate of drug-likeness (QED) is 0.279. The van der Waals surface area contributed by atoms with Gasteiger partial charge in [0.1, 0.15) is 28.5 Å². The van der Waals surface area contributed by atoms with Crippen LogP contribution in [0.3, 0.4) is 0 Å². The first-order chi connectivity index (χ1) is 22.0. The van der Waals surface area contributed by atoms with Gasteiger partial charge in [-0.1, -0.05) is 26.0 Å². The maximum Gasteiger partial charge on any atom is 0.265 e. The van der Waals surface area contributed by atoms with Crippen molar-refractivity contribution in [3.8, 4) is 0 Å². The smallest absolute Gasteiger partial charge is 0.265 e. The Morgan fingerprint density at radius 1 is 1.24 bits per heavy atom. The number of carbonyl (C=O) groups excluding carboxylic acids is 2. The second-order valence-electron chi connectivity index (χ2n) is 14.0. The number of aliphatic hydroxyl groups is 3. The highest BCUT2D eigenvalue weighted by atomic mass is 32.2. The number of aliphatic hydroxyl groups excluding tert-OH is 2. The number of hydrogen-bond acceptors (Lipinski definition) is 9. The summed E-state index contributed by atoms with van der Waals surface area (Å²) in [7, 11) is 0. The van der Waals surface area contributed by atoms with E-state index in [1.54, 1.807) is 0 Å². The lowest BCUT2D eigenvalue weighted by Crippen LogP contribution is -2.55. The third kappa shape index (κ3) is 6.72. The van der Waals surface area contributed by atoms with Gasteiger partial charge in [0.25, 0.3) is 11.8 Å². The lowest BCUT2D eigenvalue weighted by molar-refractivity contribution is -0.146. The van der Waals surface area contributed by atoms with E-state index in [9.17, 15) is 29.3 Å². The first-order valence-corrected chi connectivity index (χ1v) is 17.5. The van der Waals surface area contributed by atoms with Gasteiger partial charge in [0.05, 0.1) is 24.5 Å². The molecule has 3 saturated heterocycles. The number of thioether (sulfide) groups is 1. The normalized spacial score (nSPS) is 40.5. The lowest BCUT2D eigenvalue weighted by atomic mass is 9.85. The highest BCUT2D eigenvalue weighted by Crippen LogP contribution is 2.60. The predicted octanol–water partition coefficient (Wildman–Crippen LogP) is 2.60. The summed E-state index contributed by atoms with van der Waals surface area (Å²) in [5.41, 5.74) is -3.13. The molecule has 2 amide bonds. The molecule has 1 aliphatic carbocycles. The second-order valence-corrected chi connectivity index (χ2v) is 15.4. The Balaban J connectivity index is 1.20. The molecule has 2 bridgehead atoms. The Labute approximate surface area is 273 Å². The van der Waals surface area contributed by atoms with Gasteiger partial charge in [-0.2, -0.15) is 0 Å². The molecule has 4 heterocycles. The van der Waals surface area contributed by atoms with Gasteiger partial charge < -0.3 is 35.4 Å². The van der Waals surface area contributed by atoms with E-state index in [0.717, 1.165) is 19.3 Å². The molecule has 12 heteroatoms. The van der Waals surface area contributed by atoms with Crippen LogP contribution in [0.4, 0.5) is 4.39 Å². The number of halogens is 1. The van der Waals surface area contributed by atoms with Gasteiger partial charge in [-0.25, -0.2) is 9.38 Å². The van der Waals surface area contributed by atoms with Crippen molar-refractivity contribution in [2.24, 2.45) is 28.7 Å². The summed E-state index contributed by atoms with van der Waals surface area (Å²) in [4.78, 5) is 31.1. The number of nitrogens with zero attached hydrogens (tertiary/aromatic N) is 1. The minimum atomic E-state index is -1.64. The monoisotopic (exact) mass is 659 g/mol. The molecule has 5 aliphatic rings. The van der Waals surface area contributed by atoms with Crippen LogP contribution in [0.2, 0.25) is 0 Å². The molecule has 1 saturated carbocycles. The Morgan fingerprint density at radius 3 is 2.76 bits per heavy atom. The molecule has 0 aromatic heterocycles. The largest absolute Gasteiger partial charge is 0.393 e. The van der Waals surface area contributed by atoms with Gasteiger partial charge >= 0.3 is 0 Å². The van der Waals surface area contributed by atoms with Crippen LogP contribution in [-0.4, -0.2) is 99.3 Å². The van der Waals surface area contributed by atoms with Crippen LogP contribution in [0.15, 0.2) is 41.4 Å². The van der Waals surface area contributed by atoms with E-state index in [0.29, 0.717) is 42.7 Å². The highest BCUT2D eigenvalue weighted by Gasteiger charge is 2.75. The number of ether oxygens (including phenoxy) is 2. The summed E-state index contributed by atoms with van der Waals surface area (Å²) in [6.45, 7) is 5.41. The Kier molecular flexibility index (Phi) is 10.1. The third-order valence-electron chi connectivity index (χ3n) is 10.3. The molecule has 252 valence electrons. The Bertz CT molecular complexity index is 1340. The molecule has 10 nitrogen and oxygen atoms in total. The summed E-state index contributed by atoms with van der Waals surface area (Å²) in [6, 6.07) is 4.68. The number of allylic oxidation sites excluding steroid dienone is 2. The summed E-state index contributed by atoms with van der Waals surface area (Å²) in [5, 5.41) is 38.9. The maximum atomic E-state index is 13.8. The van der Waals surface area contributed by atoms with Crippen molar-refractivity contribution in [2.45, 2.75) is 92.5 Å². The van der Waals surface area contributed by atoms with Crippen molar-refractivity contribution in [3.63, 3.8) is 0 Å². The number of rotatable bonds is 7. The molecule has 0 radical (unpaired) electrons. The standard InChI is InChI=1S/C34H46FN3O7S/c1-19(2)13-20-11-12-44-28-22(14-20)16-36-27(28)31(42)38-26-6-4-3-5-24(17-37-30(41)21-7-9-23(35)10-8-21)46-32-33(43,18-39)15-25-29(40)34(25,26)45-32/h3-4,7-10,19-20,22,24-25,27-29,32,36,39-40,43H,5-6,11-18H2,1-2H3,(H,37,41)/b4-3-,38-26?/t20-,22-,24+,25?,27-,28+,29-,32?,33?,34?/m0/s1. The highest BCUT2D eigenvalue weighted by molar-refractivity contribution is 8.00. The molecule has 10 atom stereocenters. The van der Waals surface area contributed by atoms with Crippen molar-refractivity contribution < 1.29 is 38.8 Å². The average molecular weight is 660 g/mol. The van der Waals surface area contributed by atoms with Crippen LogP contribution in [0, 0.1) is 29.5 Å². The molecule has 5 N–H and O–H groups in total. The summed E-state index contributed by atoms with van der Waals surface area (Å²) >= 11 is 1.27. The van der Waals surface area contributed by atoms with Gasteiger partial charge in [-0.3, -0.25) is 9.59 Å². The van der Waals surface area contributed by atoms with E-state index in [-0.39, 0.29) is 48.5 Å². The molecule has 1 aromatic rings. The van der Waals surface area contributed by atoms with E-state index in [4.69, 9.17) is 9.47 Å². The molecule has 1 aromatic carbocycles. The molecule has 46 heavy (non-hydrogen) atoms. The average Bonchev–Trinajstić information content (AvgIpc) is 3.47. The minimum Gasteiger partial charge on any atom is -0.393 e. The van der Waals surface area contributed by atoms with Crippen molar-refractivity contribution >= 4 is 29.3 Å². The second kappa shape index (κ2) is 13.7. The van der Waals surface area contributed by atoms with Crippen LogP contribution < -0.4 is 10.6 Å². The zero-order valence-corrected chi connectivity index (χ0v) is 27.3. The number of fused-ring (bicyclic) bond motifs is 2. The van der Waals surface area contributed by atoms with E-state index in [1.807, 2.05) is 12.2 Å². The Morgan fingerprint density at radius 2 is 2.02 bits per heavy atom. The van der Waals surface area contributed by atoms with Crippen molar-refractivity contribution in [2.75, 3.05) is 26.3 Å². The summed E-state index contributed by atoms with van der Waals surface area (Å²) < 4.78 is 26.1. The number of hydrogen-bond donors (Lipinski definition) is 5. The van der Waals surface area contributed by atoms with Crippen LogP contribution in [-0.2, 0) is 14.3 Å². The lowest BCUT2D eigenvalue weighted by Gasteiger charge is -2.42. The first kappa shape index (κ1) is 33.7. The fraction of sp³-hybridized carbons (Fsp3) is 0.676. The molecule has 4 fully saturated rings. The fourth-order valence-corrected chi connectivity index (χ4v) is 9.20. The third-order valence-corrected chi connectivity index (χ3v) is 11.8. The zero-order chi connectivity index (χ0) is 32.6. The number of amides is 2. The van der Waals surface area contributed by atoms with Crippen molar-refractivity contribution in [1.82, 2.24) is 10.6 Å². The van der Waals surface area contributed by atoms with Gasteiger partial charge in [0.15, 0.2) is 0 Å². The zero-order valence-electron chi connectivity index (χ0n) is 26.4. The van der Waals surface area contributed by atoms with E-state index < -0.39 is 47.1 Å². The summed E-state index contributed by atoms with van der Waals surface area (Å²) in [6.07, 6.45) is 6.55.